The number of esters is 1. The van der Waals surface area contributed by atoms with Crippen LogP contribution in [0.1, 0.15) is 19.4 Å². The van der Waals surface area contributed by atoms with Crippen molar-refractivity contribution in [3.8, 4) is 0 Å². The molecule has 0 unspecified atom stereocenters. The summed E-state index contributed by atoms with van der Waals surface area (Å²) < 4.78 is 10.6. The number of hydrogen-bond acceptors (Lipinski definition) is 4. The summed E-state index contributed by atoms with van der Waals surface area (Å²) in [5.41, 5.74) is 0.911. The van der Waals surface area contributed by atoms with Crippen LogP contribution >= 0.6 is 15.9 Å². The van der Waals surface area contributed by atoms with Gasteiger partial charge in [-0.1, -0.05) is 28.1 Å². The molecule has 0 bridgehead atoms. The molecule has 0 aliphatic rings. The predicted octanol–water partition coefficient (Wildman–Crippen LogP) is 2.67. The molecule has 0 saturated carbocycles. The van der Waals surface area contributed by atoms with Gasteiger partial charge in [-0.3, -0.25) is 0 Å². The zero-order chi connectivity index (χ0) is 15.1. The topological polar surface area (TPSA) is 64.6 Å². The molecule has 110 valence electrons. The zero-order valence-electron chi connectivity index (χ0n) is 11.7. The number of methoxy groups -OCH3 is 1. The van der Waals surface area contributed by atoms with Gasteiger partial charge in [-0.2, -0.15) is 0 Å². The SMILES string of the molecule is COC(=O)[C@H](Cc1ccc(Br)cc1)NC(=O)OC(C)C. The number of nitrogens with one attached hydrogen (secondary N) is 1. The molecule has 5 nitrogen and oxygen atoms in total. The summed E-state index contributed by atoms with van der Waals surface area (Å²) in [5.74, 6) is -0.506. The van der Waals surface area contributed by atoms with Gasteiger partial charge >= 0.3 is 12.1 Å². The van der Waals surface area contributed by atoms with Gasteiger partial charge in [0.05, 0.1) is 13.2 Å². The summed E-state index contributed by atoms with van der Waals surface area (Å²) in [7, 11) is 1.28. The van der Waals surface area contributed by atoms with Crippen molar-refractivity contribution in [1.82, 2.24) is 5.32 Å². The first kappa shape index (κ1) is 16.5. The van der Waals surface area contributed by atoms with Gasteiger partial charge < -0.3 is 14.8 Å². The lowest BCUT2D eigenvalue weighted by Crippen LogP contribution is -2.43. The van der Waals surface area contributed by atoms with Gasteiger partial charge in [0, 0.05) is 10.9 Å². The zero-order valence-corrected chi connectivity index (χ0v) is 13.3. The molecule has 1 atom stereocenters. The maximum atomic E-state index is 11.7. The molecule has 1 rings (SSSR count). The number of ether oxygens (including phenoxy) is 2. The minimum absolute atomic E-state index is 0.249. The van der Waals surface area contributed by atoms with Crippen LogP contribution in [0.25, 0.3) is 0 Å². The van der Waals surface area contributed by atoms with Gasteiger partial charge in [0.15, 0.2) is 0 Å². The molecule has 0 aromatic heterocycles. The minimum atomic E-state index is -0.771. The van der Waals surface area contributed by atoms with E-state index in [2.05, 4.69) is 21.2 Å². The average Bonchev–Trinajstić information content (AvgIpc) is 2.38. The fourth-order valence-corrected chi connectivity index (χ4v) is 1.85. The van der Waals surface area contributed by atoms with E-state index in [1.807, 2.05) is 24.3 Å². The van der Waals surface area contributed by atoms with Crippen molar-refractivity contribution in [2.45, 2.75) is 32.4 Å². The Morgan fingerprint density at radius 1 is 1.25 bits per heavy atom. The van der Waals surface area contributed by atoms with Crippen molar-refractivity contribution in [1.29, 1.82) is 0 Å². The monoisotopic (exact) mass is 343 g/mol. The highest BCUT2D eigenvalue weighted by Gasteiger charge is 2.23. The molecule has 20 heavy (non-hydrogen) atoms. The number of amides is 1. The Morgan fingerprint density at radius 2 is 1.85 bits per heavy atom. The van der Waals surface area contributed by atoms with Gasteiger partial charge in [0.2, 0.25) is 0 Å². The number of carbonyl (C=O) groups excluding carboxylic acids is 2. The Hall–Kier alpha value is -1.56. The van der Waals surface area contributed by atoms with Crippen LogP contribution in [-0.4, -0.2) is 31.3 Å². The molecule has 1 amide bonds. The third-order valence-corrected chi connectivity index (χ3v) is 3.00. The summed E-state index contributed by atoms with van der Waals surface area (Å²) in [6.07, 6.45) is -0.541. The van der Waals surface area contributed by atoms with Gasteiger partial charge in [0.1, 0.15) is 6.04 Å². The Morgan fingerprint density at radius 3 is 2.35 bits per heavy atom. The molecule has 0 fully saturated rings. The highest BCUT2D eigenvalue weighted by atomic mass is 79.9. The molecule has 0 spiro atoms. The van der Waals surface area contributed by atoms with Crippen LogP contribution in [0, 0.1) is 0 Å². The molecule has 1 aromatic rings. The molecular formula is C14H18BrNO4. The van der Waals surface area contributed by atoms with Crippen LogP contribution in [-0.2, 0) is 20.7 Å². The number of hydrogen-bond donors (Lipinski definition) is 1. The second-order valence-electron chi connectivity index (χ2n) is 4.50. The first-order chi connectivity index (χ1) is 9.42. The molecule has 0 heterocycles. The van der Waals surface area contributed by atoms with Crippen molar-refractivity contribution in [2.75, 3.05) is 7.11 Å². The smallest absolute Gasteiger partial charge is 0.408 e. The Labute approximate surface area is 126 Å². The van der Waals surface area contributed by atoms with E-state index in [-0.39, 0.29) is 6.10 Å². The summed E-state index contributed by atoms with van der Waals surface area (Å²) in [4.78, 5) is 23.3. The fraction of sp³-hybridized carbons (Fsp3) is 0.429. The number of benzene rings is 1. The third kappa shape index (κ3) is 5.61. The van der Waals surface area contributed by atoms with E-state index in [0.717, 1.165) is 10.0 Å². The largest absolute Gasteiger partial charge is 0.467 e. The predicted molar refractivity (Wildman–Crippen MR) is 78.4 cm³/mol. The molecule has 0 aliphatic carbocycles. The van der Waals surface area contributed by atoms with Crippen LogP contribution in [0.15, 0.2) is 28.7 Å². The summed E-state index contributed by atoms with van der Waals surface area (Å²) >= 11 is 3.34. The highest BCUT2D eigenvalue weighted by molar-refractivity contribution is 9.10. The number of alkyl carbamates (subject to hydrolysis) is 1. The summed E-state index contributed by atoms with van der Waals surface area (Å²) in [6, 6.07) is 6.71. The van der Waals surface area contributed by atoms with Gasteiger partial charge in [-0.05, 0) is 31.5 Å². The Kier molecular flexibility index (Phi) is 6.51. The van der Waals surface area contributed by atoms with Crippen molar-refractivity contribution in [2.24, 2.45) is 0 Å². The number of rotatable bonds is 5. The average molecular weight is 344 g/mol. The van der Waals surface area contributed by atoms with E-state index >= 15 is 0 Å². The Balaban J connectivity index is 2.72. The standard InChI is InChI=1S/C14H18BrNO4/c1-9(2)20-14(18)16-12(13(17)19-3)8-10-4-6-11(15)7-5-10/h4-7,9,12H,8H2,1-3H3,(H,16,18)/t12-/m0/s1. The van der Waals surface area contributed by atoms with E-state index in [0.29, 0.717) is 6.42 Å². The van der Waals surface area contributed by atoms with Crippen molar-refractivity contribution < 1.29 is 19.1 Å². The maximum Gasteiger partial charge on any atom is 0.408 e. The highest BCUT2D eigenvalue weighted by Crippen LogP contribution is 2.12. The first-order valence-electron chi connectivity index (χ1n) is 6.21. The molecule has 1 aromatic carbocycles. The minimum Gasteiger partial charge on any atom is -0.467 e. The second-order valence-corrected chi connectivity index (χ2v) is 5.42. The molecule has 6 heteroatoms. The maximum absolute atomic E-state index is 11.7. The van der Waals surface area contributed by atoms with E-state index in [1.165, 1.54) is 7.11 Å². The van der Waals surface area contributed by atoms with E-state index < -0.39 is 18.1 Å². The second kappa shape index (κ2) is 7.89. The van der Waals surface area contributed by atoms with Crippen LogP contribution < -0.4 is 5.32 Å². The van der Waals surface area contributed by atoms with Crippen LogP contribution in [0.2, 0.25) is 0 Å². The Bertz CT molecular complexity index is 459. The number of carbonyl (C=O) groups is 2. The quantitative estimate of drug-likeness (QED) is 0.834. The van der Waals surface area contributed by atoms with Gasteiger partial charge in [-0.15, -0.1) is 0 Å². The van der Waals surface area contributed by atoms with Crippen molar-refractivity contribution >= 4 is 28.0 Å². The van der Waals surface area contributed by atoms with Crippen molar-refractivity contribution in [3.05, 3.63) is 34.3 Å². The summed E-state index contributed by atoms with van der Waals surface area (Å²) in [6.45, 7) is 3.48. The summed E-state index contributed by atoms with van der Waals surface area (Å²) in [5, 5.41) is 2.51. The molecule has 1 N–H and O–H groups in total. The van der Waals surface area contributed by atoms with E-state index in [9.17, 15) is 9.59 Å². The molecule has 0 saturated heterocycles. The van der Waals surface area contributed by atoms with Crippen LogP contribution in [0.3, 0.4) is 0 Å². The van der Waals surface area contributed by atoms with Gasteiger partial charge in [0.25, 0.3) is 0 Å². The lowest BCUT2D eigenvalue weighted by molar-refractivity contribution is -0.143. The van der Waals surface area contributed by atoms with Crippen LogP contribution in [0.4, 0.5) is 4.79 Å². The number of halogens is 1. The van der Waals surface area contributed by atoms with Crippen molar-refractivity contribution in [3.63, 3.8) is 0 Å². The van der Waals surface area contributed by atoms with Crippen LogP contribution in [0.5, 0.6) is 0 Å². The lowest BCUT2D eigenvalue weighted by atomic mass is 10.1. The van der Waals surface area contributed by atoms with Gasteiger partial charge in [-0.25, -0.2) is 9.59 Å². The fourth-order valence-electron chi connectivity index (χ4n) is 1.58. The molecule has 0 radical (unpaired) electrons. The lowest BCUT2D eigenvalue weighted by Gasteiger charge is -2.17. The normalized spacial score (nSPS) is 11.8. The first-order valence-corrected chi connectivity index (χ1v) is 7.01. The van der Waals surface area contributed by atoms with E-state index in [1.54, 1.807) is 13.8 Å². The van der Waals surface area contributed by atoms with E-state index in [4.69, 9.17) is 9.47 Å². The molecule has 0 aliphatic heterocycles. The molecular weight excluding hydrogens is 326 g/mol. The third-order valence-electron chi connectivity index (χ3n) is 2.47.